The van der Waals surface area contributed by atoms with E-state index in [4.69, 9.17) is 16.3 Å². The van der Waals surface area contributed by atoms with Crippen molar-refractivity contribution >= 4 is 46.3 Å². The molecule has 0 unspecified atom stereocenters. The van der Waals surface area contributed by atoms with Gasteiger partial charge in [0.25, 0.3) is 0 Å². The maximum atomic E-state index is 11.1. The molecule has 0 bridgehead atoms. The quantitative estimate of drug-likeness (QED) is 0.590. The van der Waals surface area contributed by atoms with Crippen molar-refractivity contribution in [3.63, 3.8) is 0 Å². The third-order valence-corrected chi connectivity index (χ3v) is 3.74. The molecule has 0 atom stereocenters. The maximum absolute atomic E-state index is 11.1. The van der Waals surface area contributed by atoms with E-state index in [1.54, 1.807) is 43.5 Å². The van der Waals surface area contributed by atoms with Crippen LogP contribution in [-0.2, 0) is 4.79 Å². The first kappa shape index (κ1) is 18.4. The summed E-state index contributed by atoms with van der Waals surface area (Å²) < 4.78 is 5.13. The van der Waals surface area contributed by atoms with Crippen molar-refractivity contribution in [2.24, 2.45) is 0 Å². The predicted octanol–water partition coefficient (Wildman–Crippen LogP) is 3.98. The van der Waals surface area contributed by atoms with Crippen LogP contribution in [0.15, 0.2) is 48.7 Å². The van der Waals surface area contributed by atoms with Crippen LogP contribution in [0.1, 0.15) is 6.92 Å². The highest BCUT2D eigenvalue weighted by Crippen LogP contribution is 2.28. The molecule has 138 valence electrons. The average molecular weight is 385 g/mol. The number of nitrogens with zero attached hydrogens (tertiary/aromatic N) is 3. The first-order valence-corrected chi connectivity index (χ1v) is 8.36. The Balaban J connectivity index is 1.70. The number of benzene rings is 2. The minimum absolute atomic E-state index is 0.124. The standard InChI is InChI=1S/C18H17ClN6O2/c1-11(26)21-12-3-5-13(6-4-12)23-18-24-17(10-20-25-18)22-14-7-8-16(27-2)15(19)9-14/h3-10H,1-2H3,(H,21,26)(H2,22,23,24,25). The van der Waals surface area contributed by atoms with Gasteiger partial charge < -0.3 is 20.7 Å². The first-order chi connectivity index (χ1) is 13.0. The molecule has 0 spiro atoms. The molecular formula is C18H17ClN6O2. The normalized spacial score (nSPS) is 10.2. The SMILES string of the molecule is COc1ccc(Nc2cnnc(Nc3ccc(NC(C)=O)cc3)n2)cc1Cl. The van der Waals surface area contributed by atoms with Crippen molar-refractivity contribution in [3.05, 3.63) is 53.7 Å². The zero-order valence-electron chi connectivity index (χ0n) is 14.7. The number of amides is 1. The van der Waals surface area contributed by atoms with Gasteiger partial charge in [0, 0.05) is 24.0 Å². The maximum Gasteiger partial charge on any atom is 0.249 e. The van der Waals surface area contributed by atoms with E-state index in [0.717, 1.165) is 11.4 Å². The first-order valence-electron chi connectivity index (χ1n) is 7.98. The van der Waals surface area contributed by atoms with Gasteiger partial charge in [0.2, 0.25) is 11.9 Å². The van der Waals surface area contributed by atoms with Gasteiger partial charge in [0.05, 0.1) is 18.3 Å². The number of nitrogens with one attached hydrogen (secondary N) is 3. The van der Waals surface area contributed by atoms with E-state index in [2.05, 4.69) is 31.1 Å². The van der Waals surface area contributed by atoms with Gasteiger partial charge in [0.15, 0.2) is 5.82 Å². The summed E-state index contributed by atoms with van der Waals surface area (Å²) in [6.07, 6.45) is 1.50. The summed E-state index contributed by atoms with van der Waals surface area (Å²) in [5, 5.41) is 17.3. The second-order valence-electron chi connectivity index (χ2n) is 5.52. The fraction of sp³-hybridized carbons (Fsp3) is 0.111. The average Bonchev–Trinajstić information content (AvgIpc) is 2.63. The topological polar surface area (TPSA) is 101 Å². The number of halogens is 1. The van der Waals surface area contributed by atoms with Crippen molar-refractivity contribution in [1.29, 1.82) is 0 Å². The molecule has 0 aliphatic carbocycles. The van der Waals surface area contributed by atoms with Gasteiger partial charge in [-0.1, -0.05) is 11.6 Å². The third-order valence-electron chi connectivity index (χ3n) is 3.44. The summed E-state index contributed by atoms with van der Waals surface area (Å²) in [6, 6.07) is 12.5. The van der Waals surface area contributed by atoms with E-state index in [0.29, 0.717) is 28.2 Å². The molecule has 27 heavy (non-hydrogen) atoms. The lowest BCUT2D eigenvalue weighted by Gasteiger charge is -2.10. The number of carbonyl (C=O) groups excluding carboxylic acids is 1. The van der Waals surface area contributed by atoms with Gasteiger partial charge in [-0.05, 0) is 42.5 Å². The van der Waals surface area contributed by atoms with Crippen LogP contribution in [0.2, 0.25) is 5.02 Å². The molecular weight excluding hydrogens is 368 g/mol. The molecule has 1 heterocycles. The third kappa shape index (κ3) is 5.05. The van der Waals surface area contributed by atoms with Crippen LogP contribution in [-0.4, -0.2) is 28.2 Å². The van der Waals surface area contributed by atoms with Gasteiger partial charge in [-0.2, -0.15) is 10.1 Å². The van der Waals surface area contributed by atoms with E-state index in [1.165, 1.54) is 13.1 Å². The van der Waals surface area contributed by atoms with Crippen LogP contribution in [0, 0.1) is 0 Å². The van der Waals surface area contributed by atoms with Crippen LogP contribution in [0.5, 0.6) is 5.75 Å². The monoisotopic (exact) mass is 384 g/mol. The zero-order chi connectivity index (χ0) is 19.2. The van der Waals surface area contributed by atoms with Gasteiger partial charge in [-0.3, -0.25) is 4.79 Å². The van der Waals surface area contributed by atoms with E-state index in [-0.39, 0.29) is 5.91 Å². The molecule has 0 aliphatic heterocycles. The molecule has 0 saturated heterocycles. The van der Waals surface area contributed by atoms with Gasteiger partial charge in [-0.25, -0.2) is 0 Å². The van der Waals surface area contributed by atoms with Gasteiger partial charge >= 0.3 is 0 Å². The summed E-state index contributed by atoms with van der Waals surface area (Å²) in [7, 11) is 1.56. The number of hydrogen-bond acceptors (Lipinski definition) is 7. The molecule has 1 aromatic heterocycles. The van der Waals surface area contributed by atoms with Crippen LogP contribution in [0.25, 0.3) is 0 Å². The number of ether oxygens (including phenoxy) is 1. The van der Waals surface area contributed by atoms with Crippen molar-refractivity contribution in [2.75, 3.05) is 23.1 Å². The number of aromatic nitrogens is 3. The van der Waals surface area contributed by atoms with Crippen molar-refractivity contribution in [3.8, 4) is 5.75 Å². The molecule has 3 N–H and O–H groups in total. The second-order valence-corrected chi connectivity index (χ2v) is 5.93. The molecule has 9 heteroatoms. The molecule has 3 aromatic rings. The minimum atomic E-state index is -0.124. The summed E-state index contributed by atoms with van der Waals surface area (Å²) in [5.41, 5.74) is 2.21. The second kappa shape index (κ2) is 8.33. The fourth-order valence-electron chi connectivity index (χ4n) is 2.28. The molecule has 0 aliphatic rings. The van der Waals surface area contributed by atoms with Crippen molar-refractivity contribution < 1.29 is 9.53 Å². The van der Waals surface area contributed by atoms with Crippen LogP contribution in [0.3, 0.4) is 0 Å². The van der Waals surface area contributed by atoms with Crippen molar-refractivity contribution in [1.82, 2.24) is 15.2 Å². The Morgan fingerprint density at radius 3 is 2.41 bits per heavy atom. The largest absolute Gasteiger partial charge is 0.495 e. The molecule has 8 nitrogen and oxygen atoms in total. The highest BCUT2D eigenvalue weighted by molar-refractivity contribution is 6.32. The Morgan fingerprint density at radius 2 is 1.74 bits per heavy atom. The Morgan fingerprint density at radius 1 is 1.04 bits per heavy atom. The summed E-state index contributed by atoms with van der Waals surface area (Å²) in [5.74, 6) is 1.30. The summed E-state index contributed by atoms with van der Waals surface area (Å²) >= 11 is 6.13. The van der Waals surface area contributed by atoms with E-state index >= 15 is 0 Å². The highest BCUT2D eigenvalue weighted by Gasteiger charge is 2.05. The molecule has 3 rings (SSSR count). The molecule has 2 aromatic carbocycles. The van der Waals surface area contributed by atoms with Gasteiger partial charge in [0.1, 0.15) is 5.75 Å². The van der Waals surface area contributed by atoms with Crippen LogP contribution in [0.4, 0.5) is 28.8 Å². The Hall–Kier alpha value is -3.39. The number of hydrogen-bond donors (Lipinski definition) is 3. The van der Waals surface area contributed by atoms with E-state index in [1.807, 2.05) is 6.07 Å². The van der Waals surface area contributed by atoms with Gasteiger partial charge in [-0.15, -0.1) is 5.10 Å². The molecule has 0 saturated carbocycles. The minimum Gasteiger partial charge on any atom is -0.495 e. The van der Waals surface area contributed by atoms with E-state index in [9.17, 15) is 4.79 Å². The number of anilines is 5. The van der Waals surface area contributed by atoms with Crippen molar-refractivity contribution in [2.45, 2.75) is 6.92 Å². The van der Waals surface area contributed by atoms with E-state index < -0.39 is 0 Å². The number of carbonyl (C=O) groups is 1. The lowest BCUT2D eigenvalue weighted by molar-refractivity contribution is -0.114. The fourth-order valence-corrected chi connectivity index (χ4v) is 2.54. The van der Waals surface area contributed by atoms with Crippen LogP contribution >= 0.6 is 11.6 Å². The predicted molar refractivity (Wildman–Crippen MR) is 105 cm³/mol. The lowest BCUT2D eigenvalue weighted by Crippen LogP contribution is -2.06. The smallest absolute Gasteiger partial charge is 0.249 e. The number of methoxy groups -OCH3 is 1. The Bertz CT molecular complexity index is 949. The summed E-state index contributed by atoms with van der Waals surface area (Å²) in [4.78, 5) is 15.4. The number of rotatable bonds is 6. The lowest BCUT2D eigenvalue weighted by atomic mass is 10.3. The van der Waals surface area contributed by atoms with Crippen LogP contribution < -0.4 is 20.7 Å². The summed E-state index contributed by atoms with van der Waals surface area (Å²) in [6.45, 7) is 1.46. The zero-order valence-corrected chi connectivity index (χ0v) is 15.4. The Labute approximate surface area is 160 Å². The molecule has 0 fully saturated rings. The highest BCUT2D eigenvalue weighted by atomic mass is 35.5. The Kier molecular flexibility index (Phi) is 5.68. The molecule has 0 radical (unpaired) electrons. The molecule has 1 amide bonds.